The van der Waals surface area contributed by atoms with E-state index >= 15 is 0 Å². The molecule has 2 nitrogen and oxygen atoms in total. The Morgan fingerprint density at radius 1 is 1.17 bits per heavy atom. The van der Waals surface area contributed by atoms with E-state index < -0.39 is 5.97 Å². The van der Waals surface area contributed by atoms with Gasteiger partial charge in [0.1, 0.15) is 12.4 Å². The predicted octanol–water partition coefficient (Wildman–Crippen LogP) is 3.95. The first-order chi connectivity index (χ1) is 8.65. The molecule has 0 spiro atoms. The number of ether oxygens (including phenoxy) is 1. The Morgan fingerprint density at radius 3 is 2.56 bits per heavy atom. The number of carbonyl (C=O) groups is 1. The lowest BCUT2D eigenvalue weighted by molar-refractivity contribution is 0.0472. The van der Waals surface area contributed by atoms with E-state index in [0.717, 1.165) is 10.0 Å². The largest absolute Gasteiger partial charge is 0.457 e. The summed E-state index contributed by atoms with van der Waals surface area (Å²) >= 11 is 3.28. The van der Waals surface area contributed by atoms with Crippen LogP contribution in [0, 0.1) is 5.82 Å². The molecule has 0 bridgehead atoms. The summed E-state index contributed by atoms with van der Waals surface area (Å²) in [5.74, 6) is -0.710. The van der Waals surface area contributed by atoms with E-state index in [1.807, 2.05) is 6.07 Å². The summed E-state index contributed by atoms with van der Waals surface area (Å²) in [6.45, 7) is 0.131. The van der Waals surface area contributed by atoms with Crippen molar-refractivity contribution >= 4 is 21.9 Å². The molecule has 18 heavy (non-hydrogen) atoms. The van der Waals surface area contributed by atoms with E-state index in [2.05, 4.69) is 15.9 Å². The predicted molar refractivity (Wildman–Crippen MR) is 69.7 cm³/mol. The van der Waals surface area contributed by atoms with Crippen molar-refractivity contribution in [3.05, 3.63) is 69.9 Å². The van der Waals surface area contributed by atoms with Gasteiger partial charge in [-0.1, -0.05) is 34.1 Å². The van der Waals surface area contributed by atoms with Gasteiger partial charge in [-0.3, -0.25) is 0 Å². The first kappa shape index (κ1) is 12.8. The summed E-state index contributed by atoms with van der Waals surface area (Å²) < 4.78 is 18.6. The van der Waals surface area contributed by atoms with Gasteiger partial charge in [-0.05, 0) is 35.9 Å². The minimum Gasteiger partial charge on any atom is -0.457 e. The van der Waals surface area contributed by atoms with Crippen molar-refractivity contribution in [2.45, 2.75) is 6.61 Å². The molecule has 0 aliphatic rings. The number of halogens is 2. The molecular weight excluding hydrogens is 299 g/mol. The molecule has 4 heteroatoms. The van der Waals surface area contributed by atoms with E-state index in [0.29, 0.717) is 5.56 Å². The molecule has 0 saturated heterocycles. The summed E-state index contributed by atoms with van der Waals surface area (Å²) in [4.78, 5) is 11.7. The highest BCUT2D eigenvalue weighted by molar-refractivity contribution is 9.10. The first-order valence-electron chi connectivity index (χ1n) is 5.32. The average Bonchev–Trinajstić information content (AvgIpc) is 2.38. The third-order valence-corrected chi connectivity index (χ3v) is 2.84. The summed E-state index contributed by atoms with van der Waals surface area (Å²) in [7, 11) is 0. The van der Waals surface area contributed by atoms with Gasteiger partial charge in [0.25, 0.3) is 0 Å². The molecule has 0 saturated carbocycles. The topological polar surface area (TPSA) is 26.3 Å². The fourth-order valence-corrected chi connectivity index (χ4v) is 1.83. The van der Waals surface area contributed by atoms with Crippen molar-refractivity contribution in [2.75, 3.05) is 0 Å². The minimum atomic E-state index is -0.402. The summed E-state index contributed by atoms with van der Waals surface area (Å²) in [5, 5.41) is 0. The van der Waals surface area contributed by atoms with Crippen LogP contribution in [0.1, 0.15) is 15.9 Å². The lowest BCUT2D eigenvalue weighted by Crippen LogP contribution is -2.05. The quantitative estimate of drug-likeness (QED) is 0.803. The second kappa shape index (κ2) is 5.78. The van der Waals surface area contributed by atoms with Crippen LogP contribution in [0.5, 0.6) is 0 Å². The second-order valence-corrected chi connectivity index (χ2v) is 4.63. The van der Waals surface area contributed by atoms with Crippen LogP contribution in [0.4, 0.5) is 4.39 Å². The maximum absolute atomic E-state index is 12.7. The molecule has 2 aromatic carbocycles. The normalized spacial score (nSPS) is 10.1. The Morgan fingerprint density at radius 2 is 1.89 bits per heavy atom. The highest BCUT2D eigenvalue weighted by Gasteiger charge is 2.07. The van der Waals surface area contributed by atoms with Gasteiger partial charge in [0, 0.05) is 4.47 Å². The van der Waals surface area contributed by atoms with Crippen molar-refractivity contribution in [2.24, 2.45) is 0 Å². The zero-order chi connectivity index (χ0) is 13.0. The lowest BCUT2D eigenvalue weighted by atomic mass is 10.2. The standard InChI is InChI=1S/C14H10BrFO2/c15-12-3-1-2-11(8-12)14(17)18-9-10-4-6-13(16)7-5-10/h1-8H,9H2. The van der Waals surface area contributed by atoms with Crippen LogP contribution in [-0.2, 0) is 11.3 Å². The Hall–Kier alpha value is -1.68. The average molecular weight is 309 g/mol. The Labute approximate surface area is 113 Å². The van der Waals surface area contributed by atoms with Crippen molar-refractivity contribution in [3.8, 4) is 0 Å². The van der Waals surface area contributed by atoms with Gasteiger partial charge in [0.05, 0.1) is 5.56 Å². The molecule has 0 N–H and O–H groups in total. The Kier molecular flexibility index (Phi) is 4.10. The molecule has 92 valence electrons. The van der Waals surface area contributed by atoms with Crippen molar-refractivity contribution in [3.63, 3.8) is 0 Å². The fraction of sp³-hybridized carbons (Fsp3) is 0.0714. The second-order valence-electron chi connectivity index (χ2n) is 3.71. The molecule has 2 aromatic rings. The first-order valence-corrected chi connectivity index (χ1v) is 6.11. The number of hydrogen-bond acceptors (Lipinski definition) is 2. The van der Waals surface area contributed by atoms with Gasteiger partial charge < -0.3 is 4.74 Å². The molecule has 0 fully saturated rings. The molecule has 0 aromatic heterocycles. The molecule has 0 aliphatic carbocycles. The fourth-order valence-electron chi connectivity index (χ4n) is 1.43. The van der Waals surface area contributed by atoms with Crippen LogP contribution >= 0.6 is 15.9 Å². The molecule has 0 unspecified atom stereocenters. The van der Waals surface area contributed by atoms with Gasteiger partial charge in [-0.2, -0.15) is 0 Å². The van der Waals surface area contributed by atoms with Gasteiger partial charge >= 0.3 is 5.97 Å². The van der Waals surface area contributed by atoms with Gasteiger partial charge in [0.15, 0.2) is 0 Å². The zero-order valence-electron chi connectivity index (χ0n) is 9.40. The van der Waals surface area contributed by atoms with Gasteiger partial charge in [-0.15, -0.1) is 0 Å². The van der Waals surface area contributed by atoms with Crippen LogP contribution in [0.25, 0.3) is 0 Å². The van der Waals surface area contributed by atoms with E-state index in [-0.39, 0.29) is 12.4 Å². The van der Waals surface area contributed by atoms with E-state index in [1.165, 1.54) is 12.1 Å². The van der Waals surface area contributed by atoms with E-state index in [1.54, 1.807) is 30.3 Å². The maximum atomic E-state index is 12.7. The zero-order valence-corrected chi connectivity index (χ0v) is 11.0. The smallest absolute Gasteiger partial charge is 0.338 e. The lowest BCUT2D eigenvalue weighted by Gasteiger charge is -2.05. The Bertz CT molecular complexity index is 552. The monoisotopic (exact) mass is 308 g/mol. The third kappa shape index (κ3) is 3.40. The number of carbonyl (C=O) groups excluding carboxylic acids is 1. The highest BCUT2D eigenvalue weighted by Crippen LogP contribution is 2.13. The van der Waals surface area contributed by atoms with Gasteiger partial charge in [-0.25, -0.2) is 9.18 Å². The van der Waals surface area contributed by atoms with Crippen LogP contribution in [0.3, 0.4) is 0 Å². The SMILES string of the molecule is O=C(OCc1ccc(F)cc1)c1cccc(Br)c1. The number of esters is 1. The molecule has 0 amide bonds. The molecular formula is C14H10BrFO2. The van der Waals surface area contributed by atoms with E-state index in [4.69, 9.17) is 4.74 Å². The highest BCUT2D eigenvalue weighted by atomic mass is 79.9. The summed E-state index contributed by atoms with van der Waals surface area (Å²) in [5.41, 5.74) is 1.23. The van der Waals surface area contributed by atoms with Crippen LogP contribution < -0.4 is 0 Å². The molecule has 0 heterocycles. The van der Waals surface area contributed by atoms with E-state index in [9.17, 15) is 9.18 Å². The number of benzene rings is 2. The Balaban J connectivity index is 1.98. The van der Waals surface area contributed by atoms with Crippen molar-refractivity contribution in [1.29, 1.82) is 0 Å². The van der Waals surface area contributed by atoms with Gasteiger partial charge in [0.2, 0.25) is 0 Å². The molecule has 0 atom stereocenters. The number of rotatable bonds is 3. The third-order valence-electron chi connectivity index (χ3n) is 2.34. The molecule has 2 rings (SSSR count). The van der Waals surface area contributed by atoms with Crippen LogP contribution in [0.15, 0.2) is 53.0 Å². The van der Waals surface area contributed by atoms with Crippen molar-refractivity contribution in [1.82, 2.24) is 0 Å². The summed E-state index contributed by atoms with van der Waals surface area (Å²) in [6, 6.07) is 12.8. The summed E-state index contributed by atoms with van der Waals surface area (Å²) in [6.07, 6.45) is 0. The molecule has 0 aliphatic heterocycles. The van der Waals surface area contributed by atoms with Crippen LogP contribution in [0.2, 0.25) is 0 Å². The number of hydrogen-bond donors (Lipinski definition) is 0. The van der Waals surface area contributed by atoms with Crippen molar-refractivity contribution < 1.29 is 13.9 Å². The molecule has 0 radical (unpaired) electrons. The minimum absolute atomic E-state index is 0.131. The van der Waals surface area contributed by atoms with Crippen LogP contribution in [-0.4, -0.2) is 5.97 Å². The maximum Gasteiger partial charge on any atom is 0.338 e.